The lowest BCUT2D eigenvalue weighted by Gasteiger charge is -2.44. The molecule has 2 bridgehead atoms. The molecular formula is C29H25NO4. The molecule has 0 aromatic heterocycles. The summed E-state index contributed by atoms with van der Waals surface area (Å²) < 4.78 is 11.7. The van der Waals surface area contributed by atoms with Gasteiger partial charge in [0, 0.05) is 11.5 Å². The van der Waals surface area contributed by atoms with Gasteiger partial charge in [-0.15, -0.1) is 0 Å². The van der Waals surface area contributed by atoms with Crippen LogP contribution in [0.3, 0.4) is 0 Å². The first-order valence-electron chi connectivity index (χ1n) is 11.7. The van der Waals surface area contributed by atoms with Gasteiger partial charge in [0.15, 0.2) is 0 Å². The van der Waals surface area contributed by atoms with Crippen molar-refractivity contribution in [2.45, 2.75) is 24.4 Å². The summed E-state index contributed by atoms with van der Waals surface area (Å²) in [5.74, 6) is 0.0365. The van der Waals surface area contributed by atoms with Gasteiger partial charge in [-0.2, -0.15) is 0 Å². The van der Waals surface area contributed by atoms with E-state index in [9.17, 15) is 9.59 Å². The van der Waals surface area contributed by atoms with Gasteiger partial charge in [0.05, 0.1) is 25.3 Å². The van der Waals surface area contributed by atoms with Crippen LogP contribution >= 0.6 is 0 Å². The van der Waals surface area contributed by atoms with Crippen LogP contribution in [0.2, 0.25) is 0 Å². The van der Waals surface area contributed by atoms with Gasteiger partial charge in [-0.25, -0.2) is 4.79 Å². The van der Waals surface area contributed by atoms with Crippen molar-refractivity contribution in [3.8, 4) is 11.1 Å². The van der Waals surface area contributed by atoms with Crippen molar-refractivity contribution in [2.75, 3.05) is 19.8 Å². The zero-order valence-corrected chi connectivity index (χ0v) is 18.7. The number of nitrogens with zero attached hydrogens (tertiary/aromatic N) is 1. The third-order valence-corrected chi connectivity index (χ3v) is 7.14. The first kappa shape index (κ1) is 20.9. The molecule has 3 aromatic rings. The van der Waals surface area contributed by atoms with Crippen LogP contribution < -0.4 is 0 Å². The van der Waals surface area contributed by atoms with Crippen molar-refractivity contribution in [1.82, 2.24) is 4.90 Å². The summed E-state index contributed by atoms with van der Waals surface area (Å²) in [4.78, 5) is 26.4. The number of aldehydes is 1. The van der Waals surface area contributed by atoms with E-state index in [1.165, 1.54) is 22.3 Å². The van der Waals surface area contributed by atoms with E-state index in [2.05, 4.69) is 30.3 Å². The maximum absolute atomic E-state index is 13.3. The van der Waals surface area contributed by atoms with E-state index in [1.54, 1.807) is 6.07 Å². The van der Waals surface area contributed by atoms with Crippen LogP contribution in [0, 0.1) is 0 Å². The molecule has 2 atom stereocenters. The highest BCUT2D eigenvalue weighted by Crippen LogP contribution is 2.44. The average Bonchev–Trinajstić information content (AvgIpc) is 3.20. The lowest BCUT2D eigenvalue weighted by Crippen LogP contribution is -2.56. The highest BCUT2D eigenvalue weighted by molar-refractivity contribution is 5.81. The summed E-state index contributed by atoms with van der Waals surface area (Å²) in [7, 11) is 0. The molecule has 0 saturated carbocycles. The predicted molar refractivity (Wildman–Crippen MR) is 130 cm³/mol. The molecule has 170 valence electrons. The number of ether oxygens (including phenoxy) is 2. The van der Waals surface area contributed by atoms with E-state index >= 15 is 0 Å². The number of amides is 1. The summed E-state index contributed by atoms with van der Waals surface area (Å²) in [6, 6.07) is 24.0. The van der Waals surface area contributed by atoms with Gasteiger partial charge in [-0.1, -0.05) is 72.8 Å². The Kier molecular flexibility index (Phi) is 5.27. The highest BCUT2D eigenvalue weighted by atomic mass is 16.6. The van der Waals surface area contributed by atoms with Crippen molar-refractivity contribution in [1.29, 1.82) is 0 Å². The number of hydrogen-bond donors (Lipinski definition) is 0. The van der Waals surface area contributed by atoms with Gasteiger partial charge >= 0.3 is 6.09 Å². The fraction of sp³-hybridized carbons (Fsp3) is 0.241. The quantitative estimate of drug-likeness (QED) is 0.505. The molecule has 34 heavy (non-hydrogen) atoms. The number of rotatable bonds is 4. The van der Waals surface area contributed by atoms with E-state index in [4.69, 9.17) is 9.47 Å². The van der Waals surface area contributed by atoms with Crippen LogP contribution in [0.5, 0.6) is 0 Å². The molecule has 1 amide bonds. The number of benzene rings is 3. The van der Waals surface area contributed by atoms with E-state index in [0.717, 1.165) is 17.4 Å². The Morgan fingerprint density at radius 3 is 2.41 bits per heavy atom. The Hall–Kier alpha value is -3.70. The first-order valence-corrected chi connectivity index (χ1v) is 11.7. The minimum Gasteiger partial charge on any atom is -0.448 e. The summed E-state index contributed by atoms with van der Waals surface area (Å²) in [6.07, 6.45) is 3.32. The fourth-order valence-electron chi connectivity index (χ4n) is 5.57. The Morgan fingerprint density at radius 2 is 1.71 bits per heavy atom. The molecule has 3 aromatic carbocycles. The van der Waals surface area contributed by atoms with Gasteiger partial charge in [0.2, 0.25) is 0 Å². The molecule has 2 heterocycles. The second kappa shape index (κ2) is 8.58. The molecule has 5 heteroatoms. The van der Waals surface area contributed by atoms with Crippen LogP contribution in [-0.4, -0.2) is 49.2 Å². The summed E-state index contributed by atoms with van der Waals surface area (Å²) in [6.45, 7) is 1.23. The Labute approximate surface area is 198 Å². The molecule has 1 saturated heterocycles. The molecule has 3 aliphatic rings. The summed E-state index contributed by atoms with van der Waals surface area (Å²) in [5, 5.41) is 0. The molecule has 2 aliphatic heterocycles. The van der Waals surface area contributed by atoms with Crippen molar-refractivity contribution < 1.29 is 19.1 Å². The van der Waals surface area contributed by atoms with Crippen LogP contribution in [0.15, 0.2) is 78.9 Å². The number of carbonyl (C=O) groups excluding carboxylic acids is 2. The monoisotopic (exact) mass is 451 g/mol. The van der Waals surface area contributed by atoms with Gasteiger partial charge in [0.25, 0.3) is 0 Å². The molecule has 0 radical (unpaired) electrons. The Morgan fingerprint density at radius 1 is 0.971 bits per heavy atom. The van der Waals surface area contributed by atoms with Crippen molar-refractivity contribution in [2.24, 2.45) is 0 Å². The van der Waals surface area contributed by atoms with Crippen LogP contribution in [-0.2, 0) is 9.47 Å². The molecule has 2 unspecified atom stereocenters. The Balaban J connectivity index is 1.22. The zero-order chi connectivity index (χ0) is 23.1. The lowest BCUT2D eigenvalue weighted by molar-refractivity contribution is -0.0331. The van der Waals surface area contributed by atoms with E-state index in [-0.39, 0.29) is 24.1 Å². The third-order valence-electron chi connectivity index (χ3n) is 7.14. The number of hydrogen-bond acceptors (Lipinski definition) is 4. The maximum atomic E-state index is 13.3. The summed E-state index contributed by atoms with van der Waals surface area (Å²) in [5.41, 5.74) is 7.66. The number of morpholine rings is 1. The Bertz CT molecular complexity index is 1250. The smallest absolute Gasteiger partial charge is 0.410 e. The molecule has 5 nitrogen and oxygen atoms in total. The second-order valence-corrected chi connectivity index (χ2v) is 9.11. The minimum atomic E-state index is -0.294. The molecular weight excluding hydrogens is 426 g/mol. The van der Waals surface area contributed by atoms with Gasteiger partial charge < -0.3 is 9.47 Å². The predicted octanol–water partition coefficient (Wildman–Crippen LogP) is 5.30. The van der Waals surface area contributed by atoms with Crippen LogP contribution in [0.4, 0.5) is 4.79 Å². The van der Waals surface area contributed by atoms with Gasteiger partial charge in [-0.3, -0.25) is 9.69 Å². The SMILES string of the molecule is O=Cc1cccc(C2=CC3COCC(C2)N3C(=O)OCC2c3ccccc3-c3ccccc32)c1. The van der Waals surface area contributed by atoms with Crippen molar-refractivity contribution in [3.05, 3.63) is 101 Å². The minimum absolute atomic E-state index is 0.0365. The van der Waals surface area contributed by atoms with Crippen molar-refractivity contribution in [3.63, 3.8) is 0 Å². The standard InChI is InChI=1S/C29H25NO4/c31-15-19-6-5-7-20(12-19)21-13-22-16-33-17-23(14-21)30(22)29(32)34-18-28-26-10-3-1-8-24(26)25-9-2-4-11-27(25)28/h1-13,15,22-23,28H,14,16-18H2. The van der Waals surface area contributed by atoms with E-state index in [0.29, 0.717) is 31.8 Å². The van der Waals surface area contributed by atoms with E-state index < -0.39 is 0 Å². The summed E-state index contributed by atoms with van der Waals surface area (Å²) >= 11 is 0. The lowest BCUT2D eigenvalue weighted by atomic mass is 9.89. The number of carbonyl (C=O) groups is 2. The molecule has 1 fully saturated rings. The zero-order valence-electron chi connectivity index (χ0n) is 18.7. The third kappa shape index (κ3) is 3.53. The van der Waals surface area contributed by atoms with Crippen molar-refractivity contribution >= 4 is 18.0 Å². The maximum Gasteiger partial charge on any atom is 0.410 e. The molecule has 0 N–H and O–H groups in total. The largest absolute Gasteiger partial charge is 0.448 e. The van der Waals surface area contributed by atoms with Crippen LogP contribution in [0.1, 0.15) is 39.4 Å². The van der Waals surface area contributed by atoms with Gasteiger partial charge in [-0.05, 0) is 45.9 Å². The van der Waals surface area contributed by atoms with E-state index in [1.807, 2.05) is 47.4 Å². The molecule has 0 spiro atoms. The highest BCUT2D eigenvalue weighted by Gasteiger charge is 2.40. The molecule has 1 aliphatic carbocycles. The number of fused-ring (bicyclic) bond motifs is 5. The molecule has 6 rings (SSSR count). The normalized spacial score (nSPS) is 20.8. The topological polar surface area (TPSA) is 55.8 Å². The van der Waals surface area contributed by atoms with Gasteiger partial charge in [0.1, 0.15) is 12.9 Å². The second-order valence-electron chi connectivity index (χ2n) is 9.11. The first-order chi connectivity index (χ1) is 16.7. The van der Waals surface area contributed by atoms with Crippen LogP contribution in [0.25, 0.3) is 16.7 Å². The average molecular weight is 452 g/mol. The fourth-order valence-corrected chi connectivity index (χ4v) is 5.57.